The summed E-state index contributed by atoms with van der Waals surface area (Å²) in [5.41, 5.74) is 7.36. The molecule has 106 valence electrons. The van der Waals surface area contributed by atoms with Gasteiger partial charge in [0.2, 0.25) is 0 Å². The maximum atomic E-state index is 11.7. The Kier molecular flexibility index (Phi) is 4.44. The number of hydrogen-bond donors (Lipinski definition) is 2. The highest BCUT2D eigenvalue weighted by molar-refractivity contribution is 9.10. The number of anilines is 2. The van der Waals surface area contributed by atoms with Gasteiger partial charge in [-0.2, -0.15) is 0 Å². The largest absolute Gasteiger partial charge is 0.399 e. The van der Waals surface area contributed by atoms with Crippen molar-refractivity contribution in [2.45, 2.75) is 26.4 Å². The van der Waals surface area contributed by atoms with Gasteiger partial charge in [0.05, 0.1) is 6.33 Å². The monoisotopic (exact) mass is 336 g/mol. The molecule has 0 aliphatic rings. The number of benzene rings is 1. The number of nitrogens with zero attached hydrogens (tertiary/aromatic N) is 2. The molecule has 0 bridgehead atoms. The topological polar surface area (TPSA) is 75.0 Å². The Morgan fingerprint density at radius 3 is 2.60 bits per heavy atom. The molecule has 0 aliphatic heterocycles. The van der Waals surface area contributed by atoms with E-state index in [-0.39, 0.29) is 11.6 Å². The Morgan fingerprint density at radius 1 is 1.35 bits per heavy atom. The van der Waals surface area contributed by atoms with Crippen molar-refractivity contribution in [3.63, 3.8) is 0 Å². The fourth-order valence-corrected chi connectivity index (χ4v) is 2.34. The van der Waals surface area contributed by atoms with Gasteiger partial charge in [-0.05, 0) is 47.5 Å². The van der Waals surface area contributed by atoms with E-state index < -0.39 is 0 Å². The average Bonchev–Trinajstić information content (AvgIpc) is 2.41. The lowest BCUT2D eigenvalue weighted by Crippen LogP contribution is -2.32. The Morgan fingerprint density at radius 2 is 2.00 bits per heavy atom. The number of H-pyrrole nitrogens is 1. The van der Waals surface area contributed by atoms with Crippen LogP contribution >= 0.6 is 15.9 Å². The average molecular weight is 337 g/mol. The van der Waals surface area contributed by atoms with Crippen molar-refractivity contribution in [1.82, 2.24) is 9.97 Å². The van der Waals surface area contributed by atoms with Gasteiger partial charge in [0.1, 0.15) is 4.47 Å². The van der Waals surface area contributed by atoms with E-state index in [0.717, 1.165) is 11.3 Å². The van der Waals surface area contributed by atoms with Gasteiger partial charge in [-0.15, -0.1) is 0 Å². The summed E-state index contributed by atoms with van der Waals surface area (Å²) in [5.74, 6) is 0.639. The zero-order valence-corrected chi connectivity index (χ0v) is 13.0. The third-order valence-electron chi connectivity index (χ3n) is 3.01. The number of halogens is 1. The highest BCUT2D eigenvalue weighted by Gasteiger charge is 2.17. The highest BCUT2D eigenvalue weighted by atomic mass is 79.9. The molecule has 2 rings (SSSR count). The minimum Gasteiger partial charge on any atom is -0.399 e. The molecule has 0 amide bonds. The number of aromatic amines is 1. The van der Waals surface area contributed by atoms with Crippen LogP contribution in [0.5, 0.6) is 0 Å². The van der Waals surface area contributed by atoms with Crippen molar-refractivity contribution < 1.29 is 0 Å². The van der Waals surface area contributed by atoms with Crippen molar-refractivity contribution >= 4 is 27.4 Å². The number of nitrogens with one attached hydrogen (secondary N) is 1. The summed E-state index contributed by atoms with van der Waals surface area (Å²) in [6.45, 7) is 4.78. The quantitative estimate of drug-likeness (QED) is 0.841. The molecule has 0 radical (unpaired) electrons. The van der Waals surface area contributed by atoms with Crippen LogP contribution in [0.1, 0.15) is 19.4 Å². The molecule has 5 nitrogen and oxygen atoms in total. The molecule has 1 aromatic heterocycles. The number of nitrogen functional groups attached to an aromatic ring is 1. The fourth-order valence-electron chi connectivity index (χ4n) is 1.90. The molecule has 0 saturated heterocycles. The summed E-state index contributed by atoms with van der Waals surface area (Å²) in [6.07, 6.45) is 1.42. The van der Waals surface area contributed by atoms with E-state index in [1.165, 1.54) is 6.33 Å². The van der Waals surface area contributed by atoms with Crippen LogP contribution in [-0.4, -0.2) is 16.0 Å². The number of nitrogens with two attached hydrogens (primary N) is 1. The Labute approximate surface area is 126 Å². The molecule has 20 heavy (non-hydrogen) atoms. The lowest BCUT2D eigenvalue weighted by atomic mass is 10.1. The van der Waals surface area contributed by atoms with Gasteiger partial charge in [0, 0.05) is 18.3 Å². The van der Waals surface area contributed by atoms with Crippen LogP contribution < -0.4 is 16.2 Å². The predicted molar refractivity (Wildman–Crippen MR) is 84.7 cm³/mol. The van der Waals surface area contributed by atoms with Crippen LogP contribution in [0.2, 0.25) is 0 Å². The van der Waals surface area contributed by atoms with Gasteiger partial charge in [-0.3, -0.25) is 4.79 Å². The predicted octanol–water partition coefficient (Wildman–Crippen LogP) is 2.53. The Bertz CT molecular complexity index is 636. The van der Waals surface area contributed by atoms with Crippen LogP contribution in [0, 0.1) is 0 Å². The lowest BCUT2D eigenvalue weighted by molar-refractivity contribution is 0.668. The maximum Gasteiger partial charge on any atom is 0.267 e. The standard InChI is InChI=1S/C14H17BrN4O/c1-9(2)19(7-10-3-5-11(16)6-4-10)13-12(15)14(20)18-8-17-13/h3-6,8-9H,7,16H2,1-2H3,(H,17,18,20). The minimum atomic E-state index is -0.182. The molecule has 1 aromatic carbocycles. The SMILES string of the molecule is CC(C)N(Cc1ccc(N)cc1)c1nc[nH]c(=O)c1Br. The van der Waals surface area contributed by atoms with E-state index in [1.54, 1.807) is 0 Å². The molecule has 6 heteroatoms. The maximum absolute atomic E-state index is 11.7. The normalized spacial score (nSPS) is 10.8. The second-order valence-electron chi connectivity index (χ2n) is 4.83. The second kappa shape index (κ2) is 6.09. The molecule has 0 unspecified atom stereocenters. The Hall–Kier alpha value is -1.82. The van der Waals surface area contributed by atoms with Gasteiger partial charge in [0.25, 0.3) is 5.56 Å². The van der Waals surface area contributed by atoms with Crippen LogP contribution in [0.25, 0.3) is 0 Å². The summed E-state index contributed by atoms with van der Waals surface area (Å²) in [4.78, 5) is 20.6. The van der Waals surface area contributed by atoms with E-state index in [9.17, 15) is 4.79 Å². The molecular weight excluding hydrogens is 320 g/mol. The van der Waals surface area contributed by atoms with Gasteiger partial charge in [0.15, 0.2) is 5.82 Å². The molecule has 0 atom stereocenters. The summed E-state index contributed by atoms with van der Waals surface area (Å²) in [6, 6.07) is 7.90. The van der Waals surface area contributed by atoms with E-state index in [4.69, 9.17) is 5.73 Å². The van der Waals surface area contributed by atoms with Crippen molar-refractivity contribution in [2.24, 2.45) is 0 Å². The number of rotatable bonds is 4. The van der Waals surface area contributed by atoms with Crippen LogP contribution in [0.4, 0.5) is 11.5 Å². The van der Waals surface area contributed by atoms with E-state index in [1.807, 2.05) is 24.3 Å². The van der Waals surface area contributed by atoms with Crippen LogP contribution in [-0.2, 0) is 6.54 Å². The zero-order chi connectivity index (χ0) is 14.7. The fraction of sp³-hybridized carbons (Fsp3) is 0.286. The lowest BCUT2D eigenvalue weighted by Gasteiger charge is -2.28. The molecule has 1 heterocycles. The molecule has 0 fully saturated rings. The minimum absolute atomic E-state index is 0.182. The first kappa shape index (κ1) is 14.6. The molecular formula is C14H17BrN4O. The molecule has 0 spiro atoms. The summed E-state index contributed by atoms with van der Waals surface area (Å²) >= 11 is 3.31. The molecule has 0 aliphatic carbocycles. The van der Waals surface area contributed by atoms with E-state index >= 15 is 0 Å². The zero-order valence-electron chi connectivity index (χ0n) is 11.4. The van der Waals surface area contributed by atoms with E-state index in [2.05, 4.69) is 44.6 Å². The third-order valence-corrected chi connectivity index (χ3v) is 3.72. The summed E-state index contributed by atoms with van der Waals surface area (Å²) in [7, 11) is 0. The van der Waals surface area contributed by atoms with Crippen molar-refractivity contribution in [1.29, 1.82) is 0 Å². The summed E-state index contributed by atoms with van der Waals surface area (Å²) < 4.78 is 0.448. The van der Waals surface area contributed by atoms with Crippen molar-refractivity contribution in [2.75, 3.05) is 10.6 Å². The molecule has 2 aromatic rings. The smallest absolute Gasteiger partial charge is 0.267 e. The number of aromatic nitrogens is 2. The first-order valence-electron chi connectivity index (χ1n) is 6.33. The van der Waals surface area contributed by atoms with Crippen molar-refractivity contribution in [3.8, 4) is 0 Å². The summed E-state index contributed by atoms with van der Waals surface area (Å²) in [5, 5.41) is 0. The van der Waals surface area contributed by atoms with Crippen LogP contribution in [0.3, 0.4) is 0 Å². The number of hydrogen-bond acceptors (Lipinski definition) is 4. The molecule has 0 saturated carbocycles. The van der Waals surface area contributed by atoms with Gasteiger partial charge < -0.3 is 15.6 Å². The second-order valence-corrected chi connectivity index (χ2v) is 5.63. The molecule has 3 N–H and O–H groups in total. The third kappa shape index (κ3) is 3.19. The van der Waals surface area contributed by atoms with Gasteiger partial charge in [-0.1, -0.05) is 12.1 Å². The first-order chi connectivity index (χ1) is 9.49. The Balaban J connectivity index is 2.34. The van der Waals surface area contributed by atoms with Crippen LogP contribution in [0.15, 0.2) is 39.9 Å². The van der Waals surface area contributed by atoms with Gasteiger partial charge >= 0.3 is 0 Å². The highest BCUT2D eigenvalue weighted by Crippen LogP contribution is 2.23. The van der Waals surface area contributed by atoms with Gasteiger partial charge in [-0.25, -0.2) is 4.98 Å². The first-order valence-corrected chi connectivity index (χ1v) is 7.12. The van der Waals surface area contributed by atoms with Crippen molar-refractivity contribution in [3.05, 3.63) is 51.0 Å². The van der Waals surface area contributed by atoms with E-state index in [0.29, 0.717) is 16.8 Å².